The van der Waals surface area contributed by atoms with Gasteiger partial charge in [-0.3, -0.25) is 5.41 Å². The Morgan fingerprint density at radius 3 is 2.21 bits per heavy atom. The van der Waals surface area contributed by atoms with Gasteiger partial charge in [0.25, 0.3) is 0 Å². The lowest BCUT2D eigenvalue weighted by molar-refractivity contribution is 0.0388. The van der Waals surface area contributed by atoms with E-state index in [4.69, 9.17) is 19.6 Å². The fourth-order valence-corrected chi connectivity index (χ4v) is 1.29. The van der Waals surface area contributed by atoms with Crippen LogP contribution in [0.4, 0.5) is 0 Å². The van der Waals surface area contributed by atoms with Crippen LogP contribution in [0.25, 0.3) is 0 Å². The Balaban J connectivity index is 0.00000324. The van der Waals surface area contributed by atoms with Gasteiger partial charge in [0.2, 0.25) is 5.90 Å². The standard InChI is InChI=1S/C13H17NO4.ClH/c1-3-17-12(14)10-4-6-11(7-5-10)13(15)18-9-8-16-2;/h4-7,14H,3,8-9H2,1-2H3;1H. The topological polar surface area (TPSA) is 68.6 Å². The summed E-state index contributed by atoms with van der Waals surface area (Å²) in [7, 11) is 1.54. The number of hydrogen-bond acceptors (Lipinski definition) is 5. The number of rotatable bonds is 6. The van der Waals surface area contributed by atoms with Crippen molar-refractivity contribution in [2.45, 2.75) is 6.92 Å². The van der Waals surface area contributed by atoms with Gasteiger partial charge in [-0.25, -0.2) is 4.79 Å². The molecule has 6 heteroatoms. The lowest BCUT2D eigenvalue weighted by atomic mass is 10.1. The van der Waals surface area contributed by atoms with Crippen LogP contribution < -0.4 is 0 Å². The Bertz CT molecular complexity index is 406. The molecule has 0 atom stereocenters. The summed E-state index contributed by atoms with van der Waals surface area (Å²) in [6.45, 7) is 2.86. The van der Waals surface area contributed by atoms with Crippen molar-refractivity contribution < 1.29 is 19.0 Å². The molecule has 0 saturated carbocycles. The second-order valence-electron chi connectivity index (χ2n) is 3.47. The number of benzene rings is 1. The maximum atomic E-state index is 11.6. The summed E-state index contributed by atoms with van der Waals surface area (Å²) in [5, 5.41) is 7.59. The lowest BCUT2D eigenvalue weighted by Gasteiger charge is -2.06. The number of methoxy groups -OCH3 is 1. The molecule has 1 aromatic rings. The molecule has 1 N–H and O–H groups in total. The molecule has 0 radical (unpaired) electrons. The average Bonchev–Trinajstić information content (AvgIpc) is 2.39. The first-order chi connectivity index (χ1) is 8.69. The molecule has 0 saturated heterocycles. The highest BCUT2D eigenvalue weighted by Crippen LogP contribution is 2.07. The molecular weight excluding hydrogens is 270 g/mol. The summed E-state index contributed by atoms with van der Waals surface area (Å²) in [6.07, 6.45) is 0. The average molecular weight is 288 g/mol. The van der Waals surface area contributed by atoms with E-state index in [2.05, 4.69) is 0 Å². The van der Waals surface area contributed by atoms with Crippen LogP contribution in [0.2, 0.25) is 0 Å². The predicted molar refractivity (Wildman–Crippen MR) is 74.3 cm³/mol. The van der Waals surface area contributed by atoms with Gasteiger partial charge < -0.3 is 14.2 Å². The Morgan fingerprint density at radius 1 is 1.11 bits per heavy atom. The largest absolute Gasteiger partial charge is 0.478 e. The minimum absolute atomic E-state index is 0. The van der Waals surface area contributed by atoms with Gasteiger partial charge in [-0.05, 0) is 31.2 Å². The molecule has 0 aliphatic heterocycles. The molecule has 0 fully saturated rings. The van der Waals surface area contributed by atoms with Crippen LogP contribution in [0, 0.1) is 5.41 Å². The Hall–Kier alpha value is -1.59. The van der Waals surface area contributed by atoms with E-state index in [1.165, 1.54) is 0 Å². The highest BCUT2D eigenvalue weighted by atomic mass is 35.5. The van der Waals surface area contributed by atoms with Crippen LogP contribution in [-0.2, 0) is 14.2 Å². The fraction of sp³-hybridized carbons (Fsp3) is 0.385. The summed E-state index contributed by atoms with van der Waals surface area (Å²) in [5.41, 5.74) is 1.07. The Morgan fingerprint density at radius 2 is 1.68 bits per heavy atom. The van der Waals surface area contributed by atoms with Crippen LogP contribution in [-0.4, -0.2) is 38.8 Å². The van der Waals surface area contributed by atoms with Crippen molar-refractivity contribution in [2.24, 2.45) is 0 Å². The third-order valence-electron chi connectivity index (χ3n) is 2.19. The summed E-state index contributed by atoms with van der Waals surface area (Å²) in [4.78, 5) is 11.6. The number of carbonyl (C=O) groups excluding carboxylic acids is 1. The molecule has 0 spiro atoms. The van der Waals surface area contributed by atoms with Crippen LogP contribution in [0.1, 0.15) is 22.8 Å². The molecule has 0 unspecified atom stereocenters. The predicted octanol–water partition coefficient (Wildman–Crippen LogP) is 2.27. The number of nitrogens with one attached hydrogen (secondary N) is 1. The van der Waals surface area contributed by atoms with Crippen LogP contribution in [0.3, 0.4) is 0 Å². The van der Waals surface area contributed by atoms with Gasteiger partial charge in [-0.15, -0.1) is 12.4 Å². The van der Waals surface area contributed by atoms with Crippen LogP contribution >= 0.6 is 12.4 Å². The van der Waals surface area contributed by atoms with Crippen molar-refractivity contribution in [3.8, 4) is 0 Å². The van der Waals surface area contributed by atoms with Gasteiger partial charge in [0.05, 0.1) is 18.8 Å². The van der Waals surface area contributed by atoms with E-state index in [0.29, 0.717) is 24.3 Å². The molecule has 19 heavy (non-hydrogen) atoms. The third kappa shape index (κ3) is 5.72. The van der Waals surface area contributed by atoms with Crippen molar-refractivity contribution in [1.29, 1.82) is 5.41 Å². The zero-order valence-corrected chi connectivity index (χ0v) is 11.8. The summed E-state index contributed by atoms with van der Waals surface area (Å²) in [5.74, 6) is -0.307. The number of carbonyl (C=O) groups is 1. The normalized spacial score (nSPS) is 9.37. The van der Waals surface area contributed by atoms with Gasteiger partial charge in [-0.2, -0.15) is 0 Å². The summed E-state index contributed by atoms with van der Waals surface area (Å²) < 4.78 is 14.8. The summed E-state index contributed by atoms with van der Waals surface area (Å²) >= 11 is 0. The zero-order chi connectivity index (χ0) is 13.4. The molecule has 0 aliphatic carbocycles. The molecule has 0 bridgehead atoms. The van der Waals surface area contributed by atoms with Crippen LogP contribution in [0.15, 0.2) is 24.3 Å². The first-order valence-corrected chi connectivity index (χ1v) is 5.67. The van der Waals surface area contributed by atoms with Crippen molar-refractivity contribution in [2.75, 3.05) is 26.9 Å². The van der Waals surface area contributed by atoms with Crippen molar-refractivity contribution in [1.82, 2.24) is 0 Å². The maximum Gasteiger partial charge on any atom is 0.338 e. The second-order valence-corrected chi connectivity index (χ2v) is 3.47. The van der Waals surface area contributed by atoms with E-state index < -0.39 is 5.97 Å². The molecule has 5 nitrogen and oxygen atoms in total. The van der Waals surface area contributed by atoms with E-state index >= 15 is 0 Å². The van der Waals surface area contributed by atoms with Crippen LogP contribution in [0.5, 0.6) is 0 Å². The van der Waals surface area contributed by atoms with Gasteiger partial charge in [0.15, 0.2) is 0 Å². The zero-order valence-electron chi connectivity index (χ0n) is 11.0. The van der Waals surface area contributed by atoms with E-state index in [1.807, 2.05) is 6.92 Å². The minimum Gasteiger partial charge on any atom is -0.478 e. The SMILES string of the molecule is CCOC(=N)c1ccc(C(=O)OCCOC)cc1.Cl. The number of ether oxygens (including phenoxy) is 3. The summed E-state index contributed by atoms with van der Waals surface area (Å²) in [6, 6.07) is 6.53. The van der Waals surface area contributed by atoms with Gasteiger partial charge >= 0.3 is 5.97 Å². The Labute approximate surface area is 118 Å². The molecule has 1 aromatic carbocycles. The number of halogens is 1. The van der Waals surface area contributed by atoms with Gasteiger partial charge in [0, 0.05) is 12.7 Å². The molecule has 0 aromatic heterocycles. The van der Waals surface area contributed by atoms with E-state index in [-0.39, 0.29) is 24.9 Å². The first-order valence-electron chi connectivity index (χ1n) is 5.67. The third-order valence-corrected chi connectivity index (χ3v) is 2.19. The van der Waals surface area contributed by atoms with Gasteiger partial charge in [0.1, 0.15) is 6.61 Å². The number of esters is 1. The van der Waals surface area contributed by atoms with Crippen molar-refractivity contribution in [3.05, 3.63) is 35.4 Å². The fourth-order valence-electron chi connectivity index (χ4n) is 1.29. The molecule has 106 valence electrons. The van der Waals surface area contributed by atoms with Crippen molar-refractivity contribution in [3.63, 3.8) is 0 Å². The monoisotopic (exact) mass is 287 g/mol. The van der Waals surface area contributed by atoms with Gasteiger partial charge in [-0.1, -0.05) is 0 Å². The Kier molecular flexibility index (Phi) is 8.57. The highest BCUT2D eigenvalue weighted by molar-refractivity contribution is 5.94. The quantitative estimate of drug-likeness (QED) is 0.377. The first kappa shape index (κ1) is 17.4. The molecule has 1 rings (SSSR count). The van der Waals surface area contributed by atoms with Crippen molar-refractivity contribution >= 4 is 24.3 Å². The molecular formula is C13H18ClNO4. The smallest absolute Gasteiger partial charge is 0.338 e. The van der Waals surface area contributed by atoms with E-state index in [1.54, 1.807) is 31.4 Å². The highest BCUT2D eigenvalue weighted by Gasteiger charge is 2.08. The lowest BCUT2D eigenvalue weighted by Crippen LogP contribution is -2.10. The molecule has 0 heterocycles. The van der Waals surface area contributed by atoms with E-state index in [0.717, 1.165) is 0 Å². The van der Waals surface area contributed by atoms with E-state index in [9.17, 15) is 4.79 Å². The molecule has 0 amide bonds. The molecule has 0 aliphatic rings. The number of hydrogen-bond donors (Lipinski definition) is 1. The maximum absolute atomic E-state index is 11.6. The second kappa shape index (κ2) is 9.35. The minimum atomic E-state index is -0.401.